The number of aryl methyl sites for hydroxylation is 2. The summed E-state index contributed by atoms with van der Waals surface area (Å²) in [6.45, 7) is 5.55. The van der Waals surface area contributed by atoms with Gasteiger partial charge in [-0.2, -0.15) is 0 Å². The zero-order valence-corrected chi connectivity index (χ0v) is 28.4. The predicted octanol–water partition coefficient (Wildman–Crippen LogP) is 5.68. The Morgan fingerprint density at radius 3 is 2.15 bits per heavy atom. The number of hydrogen-bond acceptors (Lipinski definition) is 6. The van der Waals surface area contributed by atoms with Crippen LogP contribution in [0.2, 0.25) is 0 Å². The molecule has 9 nitrogen and oxygen atoms in total. The third kappa shape index (κ3) is 8.92. The SMILES string of the molecule is CCCNC(=O)[C@@H](Cc1ccccc1)N(Cc1cccc(OC)c1)C(=O)CN(c1cc(C)ccc1OC)S(=O)(=O)c1ccc(C)cc1. The maximum Gasteiger partial charge on any atom is 0.264 e. The summed E-state index contributed by atoms with van der Waals surface area (Å²) in [7, 11) is -1.25. The lowest BCUT2D eigenvalue weighted by molar-refractivity contribution is -0.140. The van der Waals surface area contributed by atoms with E-state index in [0.717, 1.165) is 26.6 Å². The van der Waals surface area contributed by atoms with E-state index >= 15 is 0 Å². The molecular formula is C37H43N3O6S. The summed E-state index contributed by atoms with van der Waals surface area (Å²) in [5.74, 6) is 0.00523. The fourth-order valence-electron chi connectivity index (χ4n) is 5.23. The topological polar surface area (TPSA) is 105 Å². The van der Waals surface area contributed by atoms with E-state index in [-0.39, 0.29) is 29.5 Å². The molecule has 0 radical (unpaired) electrons. The Balaban J connectivity index is 1.85. The molecule has 4 aromatic rings. The molecule has 0 bridgehead atoms. The molecule has 0 heterocycles. The molecular weight excluding hydrogens is 614 g/mol. The van der Waals surface area contributed by atoms with Crippen LogP contribution in [0.15, 0.2) is 102 Å². The summed E-state index contributed by atoms with van der Waals surface area (Å²) >= 11 is 0. The van der Waals surface area contributed by atoms with Gasteiger partial charge >= 0.3 is 0 Å². The van der Waals surface area contributed by atoms with Crippen molar-refractivity contribution in [3.05, 3.63) is 119 Å². The van der Waals surface area contributed by atoms with E-state index in [1.807, 2.05) is 69.3 Å². The van der Waals surface area contributed by atoms with Crippen molar-refractivity contribution in [2.24, 2.45) is 0 Å². The Labute approximate surface area is 278 Å². The average molecular weight is 658 g/mol. The van der Waals surface area contributed by atoms with E-state index in [1.54, 1.807) is 43.5 Å². The van der Waals surface area contributed by atoms with Gasteiger partial charge in [0.25, 0.3) is 10.0 Å². The van der Waals surface area contributed by atoms with Gasteiger partial charge in [0.05, 0.1) is 24.8 Å². The second-order valence-corrected chi connectivity index (χ2v) is 13.2. The minimum atomic E-state index is -4.27. The van der Waals surface area contributed by atoms with Crippen molar-refractivity contribution in [3.8, 4) is 11.5 Å². The largest absolute Gasteiger partial charge is 0.497 e. The molecule has 0 fully saturated rings. The van der Waals surface area contributed by atoms with Crippen LogP contribution in [0, 0.1) is 13.8 Å². The van der Waals surface area contributed by atoms with Gasteiger partial charge in [0, 0.05) is 19.5 Å². The van der Waals surface area contributed by atoms with E-state index in [2.05, 4.69) is 5.32 Å². The van der Waals surface area contributed by atoms with Crippen molar-refractivity contribution >= 4 is 27.5 Å². The summed E-state index contributed by atoms with van der Waals surface area (Å²) in [5.41, 5.74) is 3.48. The monoisotopic (exact) mass is 657 g/mol. The summed E-state index contributed by atoms with van der Waals surface area (Å²) in [6, 6.07) is 27.4. The molecule has 4 rings (SSSR count). The highest BCUT2D eigenvalue weighted by molar-refractivity contribution is 7.92. The number of rotatable bonds is 15. The molecule has 248 valence electrons. The molecule has 0 saturated carbocycles. The quantitative estimate of drug-likeness (QED) is 0.176. The zero-order chi connectivity index (χ0) is 34.0. The minimum absolute atomic E-state index is 0.0281. The summed E-state index contributed by atoms with van der Waals surface area (Å²) in [5, 5.41) is 2.96. The first-order valence-electron chi connectivity index (χ1n) is 15.6. The lowest BCUT2D eigenvalue weighted by atomic mass is 10.0. The average Bonchev–Trinajstić information content (AvgIpc) is 3.08. The molecule has 0 aliphatic carbocycles. The van der Waals surface area contributed by atoms with Crippen molar-refractivity contribution in [2.75, 3.05) is 31.6 Å². The molecule has 10 heteroatoms. The molecule has 2 amide bonds. The summed E-state index contributed by atoms with van der Waals surface area (Å²) < 4.78 is 40.8. The second kappa shape index (κ2) is 16.1. The minimum Gasteiger partial charge on any atom is -0.497 e. The zero-order valence-electron chi connectivity index (χ0n) is 27.6. The van der Waals surface area contributed by atoms with E-state index in [9.17, 15) is 18.0 Å². The van der Waals surface area contributed by atoms with Gasteiger partial charge in [0.1, 0.15) is 24.1 Å². The maximum atomic E-state index is 14.7. The van der Waals surface area contributed by atoms with Crippen molar-refractivity contribution in [1.29, 1.82) is 0 Å². The molecule has 0 spiro atoms. The van der Waals surface area contributed by atoms with Gasteiger partial charge in [-0.05, 0) is 73.4 Å². The highest BCUT2D eigenvalue weighted by Gasteiger charge is 2.35. The Bertz CT molecular complexity index is 1760. The number of nitrogens with one attached hydrogen (secondary N) is 1. The number of carbonyl (C=O) groups is 2. The van der Waals surface area contributed by atoms with Crippen LogP contribution in [0.3, 0.4) is 0 Å². The molecule has 0 saturated heterocycles. The molecule has 0 aliphatic heterocycles. The second-order valence-electron chi connectivity index (χ2n) is 11.4. The molecule has 0 unspecified atom stereocenters. The number of ether oxygens (including phenoxy) is 2. The van der Waals surface area contributed by atoms with Crippen LogP contribution in [0.25, 0.3) is 0 Å². The Morgan fingerprint density at radius 2 is 1.49 bits per heavy atom. The molecule has 1 atom stereocenters. The van der Waals surface area contributed by atoms with Gasteiger partial charge in [-0.25, -0.2) is 8.42 Å². The maximum absolute atomic E-state index is 14.7. The Morgan fingerprint density at radius 1 is 0.809 bits per heavy atom. The fraction of sp³-hybridized carbons (Fsp3) is 0.297. The van der Waals surface area contributed by atoms with Crippen molar-refractivity contribution in [3.63, 3.8) is 0 Å². The number of carbonyl (C=O) groups excluding carboxylic acids is 2. The molecule has 1 N–H and O–H groups in total. The number of amides is 2. The van der Waals surface area contributed by atoms with E-state index < -0.39 is 28.5 Å². The predicted molar refractivity (Wildman–Crippen MR) is 184 cm³/mol. The first kappa shape index (κ1) is 35.0. The molecule has 47 heavy (non-hydrogen) atoms. The van der Waals surface area contributed by atoms with Crippen LogP contribution in [-0.4, -0.2) is 58.5 Å². The summed E-state index contributed by atoms with van der Waals surface area (Å²) in [4.78, 5) is 30.0. The van der Waals surface area contributed by atoms with Gasteiger partial charge in [-0.15, -0.1) is 0 Å². The third-order valence-electron chi connectivity index (χ3n) is 7.80. The van der Waals surface area contributed by atoms with Crippen LogP contribution < -0.4 is 19.1 Å². The standard InChI is InChI=1S/C37H43N3O6S/c1-6-21-38-37(42)34(24-29-11-8-7-9-12-29)39(25-30-13-10-14-31(23-30)45-4)36(41)26-40(33-22-28(3)17-20-35(33)46-5)47(43,44)32-18-15-27(2)16-19-32/h7-20,22-23,34H,6,21,24-26H2,1-5H3,(H,38,42)/t34-/m1/s1. The van der Waals surface area contributed by atoms with E-state index in [0.29, 0.717) is 24.5 Å². The first-order chi connectivity index (χ1) is 22.6. The Kier molecular flexibility index (Phi) is 12.0. The highest BCUT2D eigenvalue weighted by Crippen LogP contribution is 2.34. The molecule has 0 aliphatic rings. The first-order valence-corrected chi connectivity index (χ1v) is 17.0. The van der Waals surface area contributed by atoms with Gasteiger partial charge in [-0.3, -0.25) is 13.9 Å². The van der Waals surface area contributed by atoms with Crippen molar-refractivity contribution in [1.82, 2.24) is 10.2 Å². The lowest BCUT2D eigenvalue weighted by Gasteiger charge is -2.34. The van der Waals surface area contributed by atoms with Gasteiger partial charge < -0.3 is 19.7 Å². The number of benzene rings is 4. The third-order valence-corrected chi connectivity index (χ3v) is 9.57. The van der Waals surface area contributed by atoms with Crippen LogP contribution in [0.5, 0.6) is 11.5 Å². The highest BCUT2D eigenvalue weighted by atomic mass is 32.2. The summed E-state index contributed by atoms with van der Waals surface area (Å²) in [6.07, 6.45) is 0.938. The fourth-order valence-corrected chi connectivity index (χ4v) is 6.65. The van der Waals surface area contributed by atoms with Crippen LogP contribution in [-0.2, 0) is 32.6 Å². The van der Waals surface area contributed by atoms with Crippen LogP contribution in [0.4, 0.5) is 5.69 Å². The lowest BCUT2D eigenvalue weighted by Crippen LogP contribution is -2.53. The normalized spacial score (nSPS) is 11.8. The number of sulfonamides is 1. The smallest absolute Gasteiger partial charge is 0.264 e. The van der Waals surface area contributed by atoms with Crippen LogP contribution >= 0.6 is 0 Å². The molecule has 0 aromatic heterocycles. The van der Waals surface area contributed by atoms with E-state index in [1.165, 1.54) is 24.1 Å². The number of hydrogen-bond donors (Lipinski definition) is 1. The van der Waals surface area contributed by atoms with Gasteiger partial charge in [0.2, 0.25) is 11.8 Å². The Hall–Kier alpha value is -4.83. The van der Waals surface area contributed by atoms with Crippen LogP contribution in [0.1, 0.15) is 35.6 Å². The molecule has 4 aromatic carbocycles. The van der Waals surface area contributed by atoms with Gasteiger partial charge in [0.15, 0.2) is 0 Å². The number of nitrogens with zero attached hydrogens (tertiary/aromatic N) is 2. The van der Waals surface area contributed by atoms with Crippen molar-refractivity contribution in [2.45, 2.75) is 51.1 Å². The van der Waals surface area contributed by atoms with E-state index in [4.69, 9.17) is 9.47 Å². The van der Waals surface area contributed by atoms with Gasteiger partial charge in [-0.1, -0.05) is 73.2 Å². The number of methoxy groups -OCH3 is 2. The van der Waals surface area contributed by atoms with Crippen molar-refractivity contribution < 1.29 is 27.5 Å². The number of anilines is 1.